The van der Waals surface area contributed by atoms with Crippen LogP contribution in [0, 0.1) is 11.7 Å². The molecule has 2 aromatic rings. The Morgan fingerprint density at radius 3 is 2.53 bits per heavy atom. The Hall–Kier alpha value is -3.13. The van der Waals surface area contributed by atoms with E-state index in [1.54, 1.807) is 30.3 Å². The summed E-state index contributed by atoms with van der Waals surface area (Å²) in [4.78, 5) is 25.9. The van der Waals surface area contributed by atoms with Crippen molar-refractivity contribution in [3.63, 3.8) is 0 Å². The number of likely N-dealkylation sites (tertiary alicyclic amines) is 1. The first kappa shape index (κ1) is 20.2. The normalized spacial score (nSPS) is 19.9. The van der Waals surface area contributed by atoms with Crippen LogP contribution in [-0.4, -0.2) is 38.2 Å². The topological polar surface area (TPSA) is 81.1 Å². The smallest absolute Gasteiger partial charge is 0.275 e. The predicted molar refractivity (Wildman–Crippen MR) is 108 cm³/mol. The number of fused-ring (bicyclic) bond motifs is 1. The van der Waals surface area contributed by atoms with Gasteiger partial charge in [-0.15, -0.1) is 0 Å². The Morgan fingerprint density at radius 2 is 1.77 bits per heavy atom. The Bertz CT molecular complexity index is 911. The largest absolute Gasteiger partial charge is 0.454 e. The third-order valence-electron chi connectivity index (χ3n) is 5.52. The highest BCUT2D eigenvalue weighted by molar-refractivity contribution is 5.93. The summed E-state index contributed by atoms with van der Waals surface area (Å²) in [5, 5.41) is 5.82. The van der Waals surface area contributed by atoms with Gasteiger partial charge in [0.05, 0.1) is 13.1 Å². The lowest BCUT2D eigenvalue weighted by atomic mass is 9.95. The fourth-order valence-electron chi connectivity index (χ4n) is 3.78. The molecule has 0 atom stereocenters. The summed E-state index contributed by atoms with van der Waals surface area (Å²) < 4.78 is 23.5. The Labute approximate surface area is 174 Å². The van der Waals surface area contributed by atoms with Crippen LogP contribution in [0.15, 0.2) is 42.5 Å². The number of benzene rings is 2. The number of ether oxygens (including phenoxy) is 2. The second-order valence-corrected chi connectivity index (χ2v) is 7.66. The van der Waals surface area contributed by atoms with Gasteiger partial charge in [-0.3, -0.25) is 9.59 Å². The first-order valence-electron chi connectivity index (χ1n) is 10.1. The van der Waals surface area contributed by atoms with E-state index in [1.165, 1.54) is 17.0 Å². The van der Waals surface area contributed by atoms with Gasteiger partial charge in [-0.05, 0) is 29.8 Å². The second kappa shape index (κ2) is 9.13. The average molecular weight is 414 g/mol. The fourth-order valence-corrected chi connectivity index (χ4v) is 3.78. The van der Waals surface area contributed by atoms with Crippen LogP contribution in [0.5, 0.6) is 11.5 Å². The molecule has 2 aliphatic rings. The molecule has 0 unspecified atom stereocenters. The van der Waals surface area contributed by atoms with Gasteiger partial charge in [0.1, 0.15) is 5.82 Å². The van der Waals surface area contributed by atoms with E-state index in [4.69, 9.17) is 9.47 Å². The van der Waals surface area contributed by atoms with Gasteiger partial charge in [0.15, 0.2) is 18.0 Å². The van der Waals surface area contributed by atoms with Crippen molar-refractivity contribution >= 4 is 17.5 Å². The van der Waals surface area contributed by atoms with E-state index in [2.05, 4.69) is 10.6 Å². The molecule has 1 saturated heterocycles. The average Bonchev–Trinajstić information content (AvgIpc) is 3.22. The van der Waals surface area contributed by atoms with Crippen LogP contribution in [0.3, 0.4) is 0 Å². The lowest BCUT2D eigenvalue weighted by Crippen LogP contribution is -3.14. The number of hydrogen-bond acceptors (Lipinski definition) is 4. The number of hydrogen-bond donors (Lipinski definition) is 3. The number of nitrogens with one attached hydrogen (secondary N) is 3. The van der Waals surface area contributed by atoms with Crippen LogP contribution in [0.2, 0.25) is 0 Å². The van der Waals surface area contributed by atoms with Crippen LogP contribution in [0.25, 0.3) is 0 Å². The van der Waals surface area contributed by atoms with Gasteiger partial charge >= 0.3 is 0 Å². The summed E-state index contributed by atoms with van der Waals surface area (Å²) in [6.45, 7) is 2.49. The maximum absolute atomic E-state index is 12.9. The summed E-state index contributed by atoms with van der Waals surface area (Å²) in [5.74, 6) is 0.911. The minimum Gasteiger partial charge on any atom is -0.454 e. The quantitative estimate of drug-likeness (QED) is 0.662. The minimum absolute atomic E-state index is 0.00585. The molecule has 8 heteroatoms. The zero-order valence-corrected chi connectivity index (χ0v) is 16.6. The molecule has 0 bridgehead atoms. The van der Waals surface area contributed by atoms with E-state index in [-0.39, 0.29) is 30.3 Å². The van der Waals surface area contributed by atoms with Crippen LogP contribution in [0.1, 0.15) is 18.4 Å². The van der Waals surface area contributed by atoms with E-state index in [0.717, 1.165) is 31.5 Å². The molecule has 2 aromatic carbocycles. The van der Waals surface area contributed by atoms with Gasteiger partial charge in [-0.1, -0.05) is 12.1 Å². The highest BCUT2D eigenvalue weighted by Crippen LogP contribution is 2.34. The maximum atomic E-state index is 12.9. The molecule has 1 fully saturated rings. The molecule has 2 heterocycles. The number of carbonyl (C=O) groups excluding carboxylic acids is 2. The predicted octanol–water partition coefficient (Wildman–Crippen LogP) is 1.10. The fraction of sp³-hybridized carbons (Fsp3) is 0.364. The minimum atomic E-state index is -0.292. The third kappa shape index (κ3) is 5.07. The molecule has 3 N–H and O–H groups in total. The van der Waals surface area contributed by atoms with E-state index in [1.807, 2.05) is 0 Å². The molecule has 7 nitrogen and oxygen atoms in total. The van der Waals surface area contributed by atoms with Crippen LogP contribution < -0.4 is 25.0 Å². The monoisotopic (exact) mass is 414 g/mol. The molecular weight excluding hydrogens is 389 g/mol. The first-order chi connectivity index (χ1) is 14.6. The van der Waals surface area contributed by atoms with Crippen molar-refractivity contribution in [3.8, 4) is 11.5 Å². The van der Waals surface area contributed by atoms with E-state index in [9.17, 15) is 14.0 Å². The van der Waals surface area contributed by atoms with Crippen LogP contribution >= 0.6 is 0 Å². The number of halogens is 1. The molecular formula is C22H25FN3O4+. The molecule has 2 aliphatic heterocycles. The van der Waals surface area contributed by atoms with Crippen molar-refractivity contribution in [2.24, 2.45) is 5.92 Å². The highest BCUT2D eigenvalue weighted by Gasteiger charge is 2.28. The number of carbonyl (C=O) groups is 2. The van der Waals surface area contributed by atoms with E-state index >= 15 is 0 Å². The number of anilines is 1. The molecule has 158 valence electrons. The van der Waals surface area contributed by atoms with Crippen LogP contribution in [-0.2, 0) is 16.1 Å². The van der Waals surface area contributed by atoms with Gasteiger partial charge in [0, 0.05) is 37.1 Å². The zero-order chi connectivity index (χ0) is 20.9. The van der Waals surface area contributed by atoms with Crippen molar-refractivity contribution in [2.75, 3.05) is 31.7 Å². The number of amides is 2. The molecule has 0 saturated carbocycles. The van der Waals surface area contributed by atoms with Crippen molar-refractivity contribution in [2.45, 2.75) is 19.4 Å². The second-order valence-electron chi connectivity index (χ2n) is 7.66. The Kier molecular flexibility index (Phi) is 6.13. The maximum Gasteiger partial charge on any atom is 0.275 e. The Morgan fingerprint density at radius 1 is 1.03 bits per heavy atom. The van der Waals surface area contributed by atoms with E-state index < -0.39 is 0 Å². The number of quaternary nitrogens is 1. The third-order valence-corrected chi connectivity index (χ3v) is 5.52. The molecule has 0 aliphatic carbocycles. The Balaban J connectivity index is 1.19. The summed E-state index contributed by atoms with van der Waals surface area (Å²) >= 11 is 0. The van der Waals surface area contributed by atoms with Crippen molar-refractivity contribution in [3.05, 3.63) is 53.8 Å². The molecule has 0 aromatic heterocycles. The van der Waals surface area contributed by atoms with Gasteiger partial charge in [-0.25, -0.2) is 4.39 Å². The van der Waals surface area contributed by atoms with Gasteiger partial charge in [-0.2, -0.15) is 0 Å². The lowest BCUT2D eigenvalue weighted by molar-refractivity contribution is -0.897. The summed E-state index contributed by atoms with van der Waals surface area (Å²) in [6, 6.07) is 11.4. The van der Waals surface area contributed by atoms with Crippen molar-refractivity contribution in [1.82, 2.24) is 5.32 Å². The van der Waals surface area contributed by atoms with E-state index in [0.29, 0.717) is 30.3 Å². The molecule has 2 amide bonds. The lowest BCUT2D eigenvalue weighted by Gasteiger charge is -2.28. The highest BCUT2D eigenvalue weighted by atomic mass is 19.1. The number of rotatable bonds is 6. The van der Waals surface area contributed by atoms with Crippen LogP contribution in [0.4, 0.5) is 10.1 Å². The molecule has 0 spiro atoms. The zero-order valence-electron chi connectivity index (χ0n) is 16.6. The molecule has 0 radical (unpaired) electrons. The summed E-state index contributed by atoms with van der Waals surface area (Å²) in [7, 11) is 0. The SMILES string of the molecule is O=C(C[NH+]1CCC(C(=O)Nc2ccc3c(c2)OCO3)CC1)NCc1ccc(F)cc1. The van der Waals surface area contributed by atoms with Crippen molar-refractivity contribution < 1.29 is 28.4 Å². The first-order valence-corrected chi connectivity index (χ1v) is 10.1. The number of piperidine rings is 1. The summed E-state index contributed by atoms with van der Waals surface area (Å²) in [5.41, 5.74) is 1.55. The van der Waals surface area contributed by atoms with Gasteiger partial charge in [0.25, 0.3) is 5.91 Å². The molecule has 4 rings (SSSR count). The van der Waals surface area contributed by atoms with Gasteiger partial charge in [0.2, 0.25) is 12.7 Å². The summed E-state index contributed by atoms with van der Waals surface area (Å²) in [6.07, 6.45) is 1.47. The standard InChI is InChI=1S/C22H24FN3O4/c23-17-3-1-15(2-4-17)12-24-21(27)13-26-9-7-16(8-10-26)22(28)25-18-5-6-19-20(11-18)30-14-29-19/h1-6,11,16H,7-10,12-14H2,(H,24,27)(H,25,28)/p+1. The van der Waals surface area contributed by atoms with Gasteiger partial charge < -0.3 is 25.0 Å². The van der Waals surface area contributed by atoms with Crippen molar-refractivity contribution in [1.29, 1.82) is 0 Å². The molecule has 30 heavy (non-hydrogen) atoms.